The maximum Gasteiger partial charge on any atom is 0.337 e. The summed E-state index contributed by atoms with van der Waals surface area (Å²) in [5.74, 6) is -0.597. The number of aromatic carboxylic acids is 1. The minimum absolute atomic E-state index is 0.0917. The lowest BCUT2D eigenvalue weighted by molar-refractivity contribution is 0.0697. The number of methoxy groups -OCH3 is 1. The molecule has 3 aromatic rings. The van der Waals surface area contributed by atoms with Crippen LogP contribution in [0.1, 0.15) is 10.4 Å². The van der Waals surface area contributed by atoms with Gasteiger partial charge in [-0.3, -0.25) is 4.98 Å². The first-order valence-electron chi connectivity index (χ1n) is 6.95. The summed E-state index contributed by atoms with van der Waals surface area (Å²) in [4.78, 5) is 16.4. The molecule has 0 amide bonds. The van der Waals surface area contributed by atoms with Crippen LogP contribution in [0, 0.1) is 0 Å². The number of fused-ring (bicyclic) bond motifs is 1. The second-order valence-electron chi connectivity index (χ2n) is 5.02. The number of halogens is 1. The van der Waals surface area contributed by atoms with Gasteiger partial charge in [0.25, 0.3) is 0 Å². The van der Waals surface area contributed by atoms with Crippen LogP contribution in [0.25, 0.3) is 10.9 Å². The fraction of sp³-hybridized carbons (Fsp3) is 0.0588. The third-order valence-corrected chi connectivity index (χ3v) is 4.10. The zero-order valence-electron chi connectivity index (χ0n) is 12.6. The maximum atomic E-state index is 11.5. The Balaban J connectivity index is 2.15. The average molecular weight is 361 g/mol. The summed E-state index contributed by atoms with van der Waals surface area (Å²) in [5.41, 5.74) is 1.88. The van der Waals surface area contributed by atoms with E-state index in [1.165, 1.54) is 13.2 Å². The third kappa shape index (κ3) is 3.11. The Morgan fingerprint density at radius 3 is 2.79 bits per heavy atom. The number of hydrogen-bond acceptors (Lipinski definition) is 5. The van der Waals surface area contributed by atoms with Crippen molar-refractivity contribution < 1.29 is 14.6 Å². The summed E-state index contributed by atoms with van der Waals surface area (Å²) in [5, 5.41) is 13.9. The molecule has 0 atom stereocenters. The number of nitrogens with zero attached hydrogens (tertiary/aromatic N) is 1. The van der Waals surface area contributed by atoms with Gasteiger partial charge in [-0.2, -0.15) is 0 Å². The van der Waals surface area contributed by atoms with Crippen LogP contribution < -0.4 is 10.1 Å². The van der Waals surface area contributed by atoms with Gasteiger partial charge in [-0.05, 0) is 36.4 Å². The average Bonchev–Trinajstić information content (AvgIpc) is 2.57. The smallest absolute Gasteiger partial charge is 0.337 e. The number of carboxylic acids is 1. The molecule has 2 aromatic carbocycles. The van der Waals surface area contributed by atoms with Crippen LogP contribution >= 0.6 is 24.2 Å². The molecule has 3 rings (SSSR count). The van der Waals surface area contributed by atoms with Gasteiger partial charge in [0.2, 0.25) is 0 Å². The molecule has 2 N–H and O–H groups in total. The van der Waals surface area contributed by atoms with E-state index in [0.29, 0.717) is 27.0 Å². The number of anilines is 2. The Morgan fingerprint density at radius 1 is 1.29 bits per heavy atom. The molecule has 0 spiro atoms. The molecule has 1 heterocycles. The molecule has 122 valence electrons. The Hall–Kier alpha value is -2.44. The summed E-state index contributed by atoms with van der Waals surface area (Å²) in [6.45, 7) is 0. The minimum atomic E-state index is -1.06. The molecular formula is C17H13ClN2O3S. The second kappa shape index (κ2) is 6.59. The normalized spacial score (nSPS) is 10.6. The Bertz CT molecular complexity index is 941. The van der Waals surface area contributed by atoms with Crippen LogP contribution in [0.3, 0.4) is 0 Å². The van der Waals surface area contributed by atoms with Crippen LogP contribution in [0.4, 0.5) is 11.4 Å². The quantitative estimate of drug-likeness (QED) is 0.592. The summed E-state index contributed by atoms with van der Waals surface area (Å²) >= 11 is 10.5. The molecule has 0 radical (unpaired) electrons. The van der Waals surface area contributed by atoms with Crippen molar-refractivity contribution >= 4 is 52.5 Å². The molecule has 24 heavy (non-hydrogen) atoms. The number of rotatable bonds is 4. The van der Waals surface area contributed by atoms with Crippen molar-refractivity contribution in [3.8, 4) is 5.75 Å². The maximum absolute atomic E-state index is 11.5. The van der Waals surface area contributed by atoms with E-state index in [4.69, 9.17) is 16.3 Å². The van der Waals surface area contributed by atoms with E-state index in [-0.39, 0.29) is 5.56 Å². The largest absolute Gasteiger partial charge is 0.497 e. The lowest BCUT2D eigenvalue weighted by Crippen LogP contribution is -2.04. The number of ether oxygens (including phenoxy) is 1. The number of nitrogens with one attached hydrogen (secondary N) is 1. The van der Waals surface area contributed by atoms with Crippen molar-refractivity contribution in [1.82, 2.24) is 4.98 Å². The molecule has 0 aliphatic heterocycles. The first-order valence-corrected chi connectivity index (χ1v) is 7.77. The van der Waals surface area contributed by atoms with Crippen LogP contribution in [-0.4, -0.2) is 23.2 Å². The molecular weight excluding hydrogens is 348 g/mol. The van der Waals surface area contributed by atoms with Gasteiger partial charge in [0.05, 0.1) is 29.6 Å². The SMILES string of the molecule is COc1ccc(Nc2c(S)cnc3ccc(Cl)cc23)c(C(=O)O)c1. The fourth-order valence-corrected chi connectivity index (χ4v) is 2.76. The van der Waals surface area contributed by atoms with Gasteiger partial charge in [0.1, 0.15) is 5.75 Å². The molecule has 0 bridgehead atoms. The second-order valence-corrected chi connectivity index (χ2v) is 5.94. The van der Waals surface area contributed by atoms with Crippen molar-refractivity contribution in [3.63, 3.8) is 0 Å². The zero-order valence-corrected chi connectivity index (χ0v) is 14.2. The number of benzene rings is 2. The lowest BCUT2D eigenvalue weighted by atomic mass is 10.1. The van der Waals surface area contributed by atoms with Crippen molar-refractivity contribution in [2.75, 3.05) is 12.4 Å². The molecule has 0 fully saturated rings. The van der Waals surface area contributed by atoms with Gasteiger partial charge in [-0.1, -0.05) is 11.6 Å². The van der Waals surface area contributed by atoms with Gasteiger partial charge < -0.3 is 15.2 Å². The summed E-state index contributed by atoms with van der Waals surface area (Å²) in [6, 6.07) is 10.1. The number of hydrogen-bond donors (Lipinski definition) is 3. The number of pyridine rings is 1. The summed E-state index contributed by atoms with van der Waals surface area (Å²) < 4.78 is 5.09. The van der Waals surface area contributed by atoms with Crippen LogP contribution in [0.15, 0.2) is 47.5 Å². The van der Waals surface area contributed by atoms with E-state index < -0.39 is 5.97 Å². The number of thiol groups is 1. The Kier molecular flexibility index (Phi) is 4.51. The molecule has 0 unspecified atom stereocenters. The van der Waals surface area contributed by atoms with E-state index in [9.17, 15) is 9.90 Å². The van der Waals surface area contributed by atoms with Gasteiger partial charge in [-0.25, -0.2) is 4.79 Å². The Morgan fingerprint density at radius 2 is 2.08 bits per heavy atom. The van der Waals surface area contributed by atoms with Crippen LogP contribution in [-0.2, 0) is 0 Å². The highest BCUT2D eigenvalue weighted by Gasteiger charge is 2.15. The number of aromatic nitrogens is 1. The molecule has 0 saturated heterocycles. The summed E-state index contributed by atoms with van der Waals surface area (Å²) in [7, 11) is 1.48. The van der Waals surface area contributed by atoms with Gasteiger partial charge in [0, 0.05) is 21.5 Å². The van der Waals surface area contributed by atoms with E-state index in [2.05, 4.69) is 22.9 Å². The van der Waals surface area contributed by atoms with Gasteiger partial charge in [-0.15, -0.1) is 12.6 Å². The minimum Gasteiger partial charge on any atom is -0.497 e. The molecule has 5 nitrogen and oxygen atoms in total. The first-order chi connectivity index (χ1) is 11.5. The lowest BCUT2D eigenvalue weighted by Gasteiger charge is -2.15. The standard InChI is InChI=1S/C17H13ClN2O3S/c1-23-10-3-5-14(12(7-10)17(21)22)20-16-11-6-9(18)2-4-13(11)19-8-15(16)24/h2-8,24H,1H3,(H,19,20)(H,21,22). The molecule has 0 aliphatic carbocycles. The number of carboxylic acid groups (broad SMARTS) is 1. The van der Waals surface area contributed by atoms with E-state index in [1.54, 1.807) is 36.5 Å². The van der Waals surface area contributed by atoms with Gasteiger partial charge in [0.15, 0.2) is 0 Å². The summed E-state index contributed by atoms with van der Waals surface area (Å²) in [6.07, 6.45) is 1.60. The van der Waals surface area contributed by atoms with Gasteiger partial charge >= 0.3 is 5.97 Å². The van der Waals surface area contributed by atoms with Crippen molar-refractivity contribution in [1.29, 1.82) is 0 Å². The molecule has 7 heteroatoms. The molecule has 1 aromatic heterocycles. The molecule has 0 saturated carbocycles. The van der Waals surface area contributed by atoms with Crippen molar-refractivity contribution in [2.45, 2.75) is 4.90 Å². The molecule has 0 aliphatic rings. The highest BCUT2D eigenvalue weighted by molar-refractivity contribution is 7.80. The Labute approximate surface area is 148 Å². The predicted octanol–water partition coefficient (Wildman–Crippen LogP) is 4.63. The van der Waals surface area contributed by atoms with Crippen LogP contribution in [0.2, 0.25) is 5.02 Å². The highest BCUT2D eigenvalue weighted by Crippen LogP contribution is 2.34. The van der Waals surface area contributed by atoms with Crippen LogP contribution in [0.5, 0.6) is 5.75 Å². The van der Waals surface area contributed by atoms with E-state index in [1.807, 2.05) is 0 Å². The predicted molar refractivity (Wildman–Crippen MR) is 97.2 cm³/mol. The monoisotopic (exact) mass is 360 g/mol. The van der Waals surface area contributed by atoms with E-state index >= 15 is 0 Å². The van der Waals surface area contributed by atoms with Crippen molar-refractivity contribution in [3.05, 3.63) is 53.2 Å². The fourth-order valence-electron chi connectivity index (χ4n) is 2.36. The van der Waals surface area contributed by atoms with E-state index in [0.717, 1.165) is 10.9 Å². The highest BCUT2D eigenvalue weighted by atomic mass is 35.5. The number of carbonyl (C=O) groups is 1. The topological polar surface area (TPSA) is 71.5 Å². The van der Waals surface area contributed by atoms with Crippen molar-refractivity contribution in [2.24, 2.45) is 0 Å². The first kappa shape index (κ1) is 16.4. The zero-order chi connectivity index (χ0) is 17.3. The third-order valence-electron chi connectivity index (χ3n) is 3.53.